The van der Waals surface area contributed by atoms with Crippen LogP contribution < -0.4 is 9.47 Å². The number of ketones is 1. The van der Waals surface area contributed by atoms with Gasteiger partial charge in [0.05, 0.1) is 25.8 Å². The summed E-state index contributed by atoms with van der Waals surface area (Å²) in [6.07, 6.45) is 3.28. The van der Waals surface area contributed by atoms with Crippen LogP contribution in [0.4, 0.5) is 0 Å². The summed E-state index contributed by atoms with van der Waals surface area (Å²) in [7, 11) is 2.99. The summed E-state index contributed by atoms with van der Waals surface area (Å²) < 4.78 is 11.4. The van der Waals surface area contributed by atoms with Crippen LogP contribution in [-0.2, 0) is 16.1 Å². The van der Waals surface area contributed by atoms with Crippen molar-refractivity contribution in [3.8, 4) is 11.5 Å². The Morgan fingerprint density at radius 3 is 2.52 bits per heavy atom. The third-order valence-electron chi connectivity index (χ3n) is 5.44. The number of benzene rings is 2. The largest absolute Gasteiger partial charge is 0.507 e. The third-order valence-corrected chi connectivity index (χ3v) is 5.93. The number of hydrogen-bond acceptors (Lipinski definition) is 6. The molecule has 1 aliphatic rings. The second-order valence-electron chi connectivity index (χ2n) is 7.41. The molecule has 0 unspecified atom stereocenters. The number of hydrogen-bond donors (Lipinski definition) is 1. The summed E-state index contributed by atoms with van der Waals surface area (Å²) in [4.78, 5) is 31.8. The molecule has 2 aromatic carbocycles. The number of amides is 1. The van der Waals surface area contributed by atoms with Gasteiger partial charge in [0.15, 0.2) is 11.5 Å². The summed E-state index contributed by atoms with van der Waals surface area (Å²) in [5.41, 5.74) is 1.81. The molecule has 3 aromatic rings. The van der Waals surface area contributed by atoms with Crippen LogP contribution in [0.2, 0.25) is 0 Å². The van der Waals surface area contributed by atoms with Crippen molar-refractivity contribution in [2.24, 2.45) is 0 Å². The first-order chi connectivity index (χ1) is 15.9. The highest BCUT2D eigenvalue weighted by Gasteiger charge is 2.46. The van der Waals surface area contributed by atoms with Gasteiger partial charge in [-0.1, -0.05) is 34.1 Å². The highest BCUT2D eigenvalue weighted by Crippen LogP contribution is 2.41. The maximum atomic E-state index is 13.2. The lowest BCUT2D eigenvalue weighted by molar-refractivity contribution is -0.140. The molecule has 8 heteroatoms. The Hall–Kier alpha value is -3.65. The predicted molar refractivity (Wildman–Crippen MR) is 126 cm³/mol. The van der Waals surface area contributed by atoms with Crippen molar-refractivity contribution in [1.82, 2.24) is 9.88 Å². The molecule has 0 spiro atoms. The molecular weight excluding hydrogens is 488 g/mol. The molecule has 1 aliphatic heterocycles. The van der Waals surface area contributed by atoms with E-state index in [1.165, 1.54) is 19.1 Å². The zero-order chi connectivity index (χ0) is 23.5. The van der Waals surface area contributed by atoms with E-state index in [2.05, 4.69) is 20.9 Å². The highest BCUT2D eigenvalue weighted by molar-refractivity contribution is 9.10. The van der Waals surface area contributed by atoms with Crippen molar-refractivity contribution in [2.75, 3.05) is 14.2 Å². The van der Waals surface area contributed by atoms with Crippen LogP contribution in [0.25, 0.3) is 5.76 Å². The maximum absolute atomic E-state index is 13.2. The van der Waals surface area contributed by atoms with Gasteiger partial charge in [0, 0.05) is 29.0 Å². The van der Waals surface area contributed by atoms with Crippen LogP contribution >= 0.6 is 15.9 Å². The van der Waals surface area contributed by atoms with Gasteiger partial charge in [-0.2, -0.15) is 0 Å². The van der Waals surface area contributed by atoms with E-state index >= 15 is 0 Å². The molecule has 4 rings (SSSR count). The molecule has 0 radical (unpaired) electrons. The number of methoxy groups -OCH3 is 2. The molecule has 0 aliphatic carbocycles. The maximum Gasteiger partial charge on any atom is 0.295 e. The average Bonchev–Trinajstić information content (AvgIpc) is 3.08. The van der Waals surface area contributed by atoms with E-state index in [4.69, 9.17) is 9.47 Å². The minimum absolute atomic E-state index is 0.00853. The van der Waals surface area contributed by atoms with E-state index in [1.54, 1.807) is 36.7 Å². The number of carbonyl (C=O) groups excluding carboxylic acids is 2. The molecule has 33 heavy (non-hydrogen) atoms. The molecule has 1 atom stereocenters. The lowest BCUT2D eigenvalue weighted by Crippen LogP contribution is -2.29. The predicted octanol–water partition coefficient (Wildman–Crippen LogP) is 4.48. The summed E-state index contributed by atoms with van der Waals surface area (Å²) in [6.45, 7) is 0.165. The second kappa shape index (κ2) is 9.46. The fourth-order valence-corrected chi connectivity index (χ4v) is 4.31. The Morgan fingerprint density at radius 2 is 1.85 bits per heavy atom. The van der Waals surface area contributed by atoms with Gasteiger partial charge < -0.3 is 19.5 Å². The molecule has 1 N–H and O–H groups in total. The number of Topliss-reactive ketones (excluding diaryl/α,β-unsaturated/α-hetero) is 1. The highest BCUT2D eigenvalue weighted by atomic mass is 79.9. The van der Waals surface area contributed by atoms with Crippen LogP contribution in [0.3, 0.4) is 0 Å². The van der Waals surface area contributed by atoms with Gasteiger partial charge in [0.2, 0.25) is 0 Å². The molecule has 1 amide bonds. The molecule has 0 bridgehead atoms. The molecule has 1 aromatic heterocycles. The molecule has 1 saturated heterocycles. The van der Waals surface area contributed by atoms with Crippen molar-refractivity contribution < 1.29 is 24.2 Å². The zero-order valence-corrected chi connectivity index (χ0v) is 19.6. The van der Waals surface area contributed by atoms with Crippen LogP contribution in [0.1, 0.15) is 22.7 Å². The van der Waals surface area contributed by atoms with Gasteiger partial charge in [-0.25, -0.2) is 0 Å². The first kappa shape index (κ1) is 22.5. The van der Waals surface area contributed by atoms with Crippen molar-refractivity contribution in [1.29, 1.82) is 0 Å². The summed E-state index contributed by atoms with van der Waals surface area (Å²) in [5.74, 6) is -0.852. The number of halogens is 1. The number of aliphatic hydroxyl groups is 1. The summed E-state index contributed by atoms with van der Waals surface area (Å²) >= 11 is 3.46. The van der Waals surface area contributed by atoms with Gasteiger partial charge in [-0.05, 0) is 47.5 Å². The normalized spacial score (nSPS) is 17.3. The van der Waals surface area contributed by atoms with Crippen molar-refractivity contribution >= 4 is 33.4 Å². The quantitative estimate of drug-likeness (QED) is 0.300. The number of rotatable bonds is 6. The molecule has 7 nitrogen and oxygen atoms in total. The van der Waals surface area contributed by atoms with Gasteiger partial charge >= 0.3 is 0 Å². The Kier molecular flexibility index (Phi) is 6.46. The number of nitrogens with zero attached hydrogens (tertiary/aromatic N) is 2. The van der Waals surface area contributed by atoms with Gasteiger partial charge in [-0.15, -0.1) is 0 Å². The molecule has 2 heterocycles. The number of ether oxygens (including phenoxy) is 2. The topological polar surface area (TPSA) is 89.0 Å². The smallest absolute Gasteiger partial charge is 0.295 e. The van der Waals surface area contributed by atoms with Crippen LogP contribution in [-0.4, -0.2) is 40.9 Å². The van der Waals surface area contributed by atoms with E-state index in [0.717, 1.165) is 10.0 Å². The minimum atomic E-state index is -0.782. The third kappa shape index (κ3) is 4.34. The van der Waals surface area contributed by atoms with Crippen LogP contribution in [0.15, 0.2) is 77.0 Å². The van der Waals surface area contributed by atoms with Crippen molar-refractivity contribution in [3.63, 3.8) is 0 Å². The Bertz CT molecular complexity index is 1240. The molecule has 0 saturated carbocycles. The SMILES string of the molecule is COc1ccc(/C(O)=C2\C(=O)C(=O)N(Cc3cccnc3)[C@H]2c2cccc(Br)c2)cc1OC. The zero-order valence-electron chi connectivity index (χ0n) is 18.0. The van der Waals surface area contributed by atoms with E-state index in [9.17, 15) is 14.7 Å². The average molecular weight is 509 g/mol. The van der Waals surface area contributed by atoms with E-state index in [0.29, 0.717) is 22.6 Å². The number of aliphatic hydroxyl groups excluding tert-OH is 1. The van der Waals surface area contributed by atoms with Crippen LogP contribution in [0.5, 0.6) is 11.5 Å². The Balaban J connectivity index is 1.88. The minimum Gasteiger partial charge on any atom is -0.507 e. The first-order valence-electron chi connectivity index (χ1n) is 10.1. The molecule has 1 fully saturated rings. The standard InChI is InChI=1S/C25H21BrN2O5/c1-32-19-9-8-17(12-20(19)33-2)23(29)21-22(16-6-3-7-18(26)11-16)28(25(31)24(21)30)14-15-5-4-10-27-13-15/h3-13,22,29H,14H2,1-2H3/b23-21+/t22-/m0/s1. The van der Waals surface area contributed by atoms with E-state index in [-0.39, 0.29) is 17.9 Å². The molecule has 168 valence electrons. The van der Waals surface area contributed by atoms with Crippen molar-refractivity contribution in [3.05, 3.63) is 93.7 Å². The van der Waals surface area contributed by atoms with E-state index in [1.807, 2.05) is 30.3 Å². The molecular formula is C25H21BrN2O5. The van der Waals surface area contributed by atoms with Gasteiger partial charge in [0.25, 0.3) is 11.7 Å². The van der Waals surface area contributed by atoms with Crippen LogP contribution in [0, 0.1) is 0 Å². The monoisotopic (exact) mass is 508 g/mol. The Morgan fingerprint density at radius 1 is 1.06 bits per heavy atom. The summed E-state index contributed by atoms with van der Waals surface area (Å²) in [5, 5.41) is 11.2. The lowest BCUT2D eigenvalue weighted by atomic mass is 9.95. The van der Waals surface area contributed by atoms with Gasteiger partial charge in [-0.3, -0.25) is 14.6 Å². The summed E-state index contributed by atoms with van der Waals surface area (Å²) in [6, 6.07) is 15.0. The lowest BCUT2D eigenvalue weighted by Gasteiger charge is -2.25. The van der Waals surface area contributed by atoms with Gasteiger partial charge in [0.1, 0.15) is 5.76 Å². The number of aromatic nitrogens is 1. The number of likely N-dealkylation sites (tertiary alicyclic amines) is 1. The Labute approximate surface area is 199 Å². The first-order valence-corrected chi connectivity index (χ1v) is 10.9. The fourth-order valence-electron chi connectivity index (χ4n) is 3.89. The fraction of sp³-hybridized carbons (Fsp3) is 0.160. The van der Waals surface area contributed by atoms with E-state index < -0.39 is 17.7 Å². The van der Waals surface area contributed by atoms with Crippen molar-refractivity contribution in [2.45, 2.75) is 12.6 Å². The number of carbonyl (C=O) groups is 2. The second-order valence-corrected chi connectivity index (χ2v) is 8.33. The number of pyridine rings is 1.